The lowest BCUT2D eigenvalue weighted by molar-refractivity contribution is -0.401. The number of carbonyl (C=O) groups excluding carboxylic acids is 1. The van der Waals surface area contributed by atoms with E-state index in [1.807, 2.05) is 0 Å². The van der Waals surface area contributed by atoms with Gasteiger partial charge >= 0.3 is 5.88 Å². The normalized spacial score (nSPS) is 11.1. The number of furan rings is 1. The Balaban J connectivity index is 2.23. The van der Waals surface area contributed by atoms with E-state index in [4.69, 9.17) is 4.42 Å². The molecule has 0 saturated heterocycles. The predicted molar refractivity (Wildman–Crippen MR) is 92.1 cm³/mol. The molecule has 0 fully saturated rings. The van der Waals surface area contributed by atoms with E-state index in [0.29, 0.717) is 11.3 Å². The van der Waals surface area contributed by atoms with Crippen molar-refractivity contribution in [3.8, 4) is 11.5 Å². The van der Waals surface area contributed by atoms with Crippen LogP contribution in [0.3, 0.4) is 0 Å². The third kappa shape index (κ3) is 5.27. The molecule has 1 N–H and O–H groups in total. The summed E-state index contributed by atoms with van der Waals surface area (Å²) in [6, 6.07) is 2.78. The van der Waals surface area contributed by atoms with E-state index in [1.165, 1.54) is 25.3 Å². The van der Waals surface area contributed by atoms with Crippen LogP contribution < -0.4 is 5.43 Å². The van der Waals surface area contributed by atoms with E-state index in [9.17, 15) is 14.9 Å². The molecule has 2 rings (SSSR count). The fourth-order valence-electron chi connectivity index (χ4n) is 2.28. The quantitative estimate of drug-likeness (QED) is 0.324. The van der Waals surface area contributed by atoms with Crippen LogP contribution in [0.5, 0.6) is 0 Å². The van der Waals surface area contributed by atoms with Crippen molar-refractivity contribution in [3.05, 3.63) is 34.0 Å². The van der Waals surface area contributed by atoms with Crippen LogP contribution in [0.4, 0.5) is 5.88 Å². The van der Waals surface area contributed by atoms with Gasteiger partial charge in [0.15, 0.2) is 5.76 Å². The van der Waals surface area contributed by atoms with Crippen molar-refractivity contribution in [2.75, 3.05) is 0 Å². The average Bonchev–Trinajstić information content (AvgIpc) is 3.18. The van der Waals surface area contributed by atoms with Gasteiger partial charge in [0, 0.05) is 25.2 Å². The molecule has 0 aromatic carbocycles. The van der Waals surface area contributed by atoms with Gasteiger partial charge in [0.1, 0.15) is 10.6 Å². The van der Waals surface area contributed by atoms with E-state index in [2.05, 4.69) is 22.5 Å². The third-order valence-electron chi connectivity index (χ3n) is 3.46. The number of hydrogen-bond acceptors (Lipinski definition) is 6. The second kappa shape index (κ2) is 8.76. The number of nitrogens with one attached hydrogen (secondary N) is 1. The number of aryl methyl sites for hydroxylation is 1. The van der Waals surface area contributed by atoms with Crippen LogP contribution in [-0.2, 0) is 11.3 Å². The van der Waals surface area contributed by atoms with E-state index < -0.39 is 4.92 Å². The summed E-state index contributed by atoms with van der Waals surface area (Å²) in [5.74, 6) is -0.362. The van der Waals surface area contributed by atoms with Gasteiger partial charge in [-0.15, -0.1) is 0 Å². The molecule has 0 spiro atoms. The van der Waals surface area contributed by atoms with Crippen molar-refractivity contribution in [3.63, 3.8) is 0 Å². The van der Waals surface area contributed by atoms with Gasteiger partial charge in [-0.3, -0.25) is 19.6 Å². The number of rotatable bonds is 9. The van der Waals surface area contributed by atoms with Gasteiger partial charge in [-0.2, -0.15) is 10.2 Å². The molecule has 0 aliphatic carbocycles. The summed E-state index contributed by atoms with van der Waals surface area (Å²) in [7, 11) is 0. The fraction of sp³-hybridized carbons (Fsp3) is 0.438. The summed E-state index contributed by atoms with van der Waals surface area (Å²) in [5, 5.41) is 19.1. The van der Waals surface area contributed by atoms with Crippen molar-refractivity contribution in [1.29, 1.82) is 0 Å². The summed E-state index contributed by atoms with van der Waals surface area (Å²) >= 11 is 0. The number of nitrogens with zero attached hydrogens (tertiary/aromatic N) is 4. The second-order valence-corrected chi connectivity index (χ2v) is 5.58. The standard InChI is InChI=1S/C16H21N5O4/c1-3-4-5-6-9-20-11-13(10-17-18-12(2)22)16(19-20)14-7-8-15(25-14)21(23)24/h7-8,10-11H,3-6,9H2,1-2H3,(H,18,22)/b17-10+. The second-order valence-electron chi connectivity index (χ2n) is 5.58. The Hall–Kier alpha value is -2.97. The number of amides is 1. The lowest BCUT2D eigenvalue weighted by atomic mass is 10.2. The number of nitro groups is 1. The largest absolute Gasteiger partial charge is 0.433 e. The third-order valence-corrected chi connectivity index (χ3v) is 3.46. The van der Waals surface area contributed by atoms with E-state index in [1.54, 1.807) is 10.9 Å². The van der Waals surface area contributed by atoms with Crippen LogP contribution in [0.2, 0.25) is 0 Å². The van der Waals surface area contributed by atoms with Crippen LogP contribution in [-0.4, -0.2) is 26.8 Å². The number of hydrazone groups is 1. The van der Waals surface area contributed by atoms with Crippen LogP contribution in [0.25, 0.3) is 11.5 Å². The van der Waals surface area contributed by atoms with Crippen LogP contribution in [0.1, 0.15) is 45.1 Å². The molecule has 1 amide bonds. The zero-order valence-corrected chi connectivity index (χ0v) is 14.3. The summed E-state index contributed by atoms with van der Waals surface area (Å²) < 4.78 is 6.99. The Morgan fingerprint density at radius 1 is 1.44 bits per heavy atom. The Labute approximate surface area is 144 Å². The molecule has 0 aliphatic rings. The van der Waals surface area contributed by atoms with Crippen LogP contribution in [0, 0.1) is 10.1 Å². The first-order valence-corrected chi connectivity index (χ1v) is 8.13. The molecule has 0 atom stereocenters. The topological polar surface area (TPSA) is 116 Å². The van der Waals surface area contributed by atoms with Crippen molar-refractivity contribution in [2.24, 2.45) is 5.10 Å². The molecule has 134 valence electrons. The minimum Gasteiger partial charge on any atom is -0.399 e. The van der Waals surface area contributed by atoms with Crippen molar-refractivity contribution < 1.29 is 14.1 Å². The first-order valence-electron chi connectivity index (χ1n) is 8.13. The van der Waals surface area contributed by atoms with Gasteiger partial charge in [0.2, 0.25) is 5.91 Å². The maximum Gasteiger partial charge on any atom is 0.433 e. The lowest BCUT2D eigenvalue weighted by Crippen LogP contribution is -2.12. The van der Waals surface area contributed by atoms with Gasteiger partial charge in [-0.05, 0) is 12.5 Å². The first-order chi connectivity index (χ1) is 12.0. The highest BCUT2D eigenvalue weighted by molar-refractivity contribution is 5.88. The molecule has 0 aliphatic heterocycles. The minimum atomic E-state index is -0.601. The number of unbranched alkanes of at least 4 members (excludes halogenated alkanes) is 3. The van der Waals surface area contributed by atoms with Gasteiger partial charge in [-0.25, -0.2) is 5.43 Å². The highest BCUT2D eigenvalue weighted by Gasteiger charge is 2.18. The van der Waals surface area contributed by atoms with Crippen LogP contribution in [0.15, 0.2) is 27.8 Å². The van der Waals surface area contributed by atoms with Gasteiger partial charge in [0.25, 0.3) is 0 Å². The number of carbonyl (C=O) groups is 1. The zero-order chi connectivity index (χ0) is 18.2. The number of hydrogen-bond donors (Lipinski definition) is 1. The van der Waals surface area contributed by atoms with Crippen molar-refractivity contribution >= 4 is 18.0 Å². The number of aromatic nitrogens is 2. The Morgan fingerprint density at radius 2 is 2.24 bits per heavy atom. The average molecular weight is 347 g/mol. The van der Waals surface area contributed by atoms with Crippen molar-refractivity contribution in [2.45, 2.75) is 46.1 Å². The molecular formula is C16H21N5O4. The molecule has 0 radical (unpaired) electrons. The monoisotopic (exact) mass is 347 g/mol. The smallest absolute Gasteiger partial charge is 0.399 e. The molecule has 0 unspecified atom stereocenters. The van der Waals surface area contributed by atoms with E-state index in [0.717, 1.165) is 32.2 Å². The summed E-state index contributed by atoms with van der Waals surface area (Å²) in [6.07, 6.45) is 7.62. The Morgan fingerprint density at radius 3 is 2.88 bits per heavy atom. The summed E-state index contributed by atoms with van der Waals surface area (Å²) in [5.41, 5.74) is 3.37. The van der Waals surface area contributed by atoms with Gasteiger partial charge < -0.3 is 4.42 Å². The molecule has 0 saturated carbocycles. The van der Waals surface area contributed by atoms with E-state index in [-0.39, 0.29) is 17.6 Å². The molecule has 2 aromatic heterocycles. The Kier molecular flexibility index (Phi) is 6.44. The first kappa shape index (κ1) is 18.4. The zero-order valence-electron chi connectivity index (χ0n) is 14.3. The maximum absolute atomic E-state index is 10.9. The van der Waals surface area contributed by atoms with E-state index >= 15 is 0 Å². The van der Waals surface area contributed by atoms with Crippen molar-refractivity contribution in [1.82, 2.24) is 15.2 Å². The molecule has 9 heteroatoms. The molecule has 2 heterocycles. The molecule has 0 bridgehead atoms. The predicted octanol–water partition coefficient (Wildman–Crippen LogP) is 3.10. The molecule has 2 aromatic rings. The lowest BCUT2D eigenvalue weighted by Gasteiger charge is -2.00. The highest BCUT2D eigenvalue weighted by atomic mass is 16.6. The van der Waals surface area contributed by atoms with Gasteiger partial charge in [-0.1, -0.05) is 26.2 Å². The molecule has 9 nitrogen and oxygen atoms in total. The molecular weight excluding hydrogens is 326 g/mol. The maximum atomic E-state index is 10.9. The Bertz CT molecular complexity index is 762. The molecule has 25 heavy (non-hydrogen) atoms. The fourth-order valence-corrected chi connectivity index (χ4v) is 2.28. The minimum absolute atomic E-state index is 0.281. The van der Waals surface area contributed by atoms with Gasteiger partial charge in [0.05, 0.1) is 12.3 Å². The summed E-state index contributed by atoms with van der Waals surface area (Å²) in [4.78, 5) is 21.1. The summed E-state index contributed by atoms with van der Waals surface area (Å²) in [6.45, 7) is 4.22. The van der Waals surface area contributed by atoms with Crippen LogP contribution >= 0.6 is 0 Å². The highest BCUT2D eigenvalue weighted by Crippen LogP contribution is 2.27. The SMILES string of the molecule is CCCCCCn1cc(/C=N/NC(C)=O)c(-c2ccc([N+](=O)[O-])o2)n1.